The minimum atomic E-state index is -0.738. The Morgan fingerprint density at radius 2 is 1.18 bits per heavy atom. The Bertz CT molecular complexity index is 504. The van der Waals surface area contributed by atoms with Gasteiger partial charge in [0.2, 0.25) is 0 Å². The van der Waals surface area contributed by atoms with Crippen molar-refractivity contribution in [1.82, 2.24) is 0 Å². The maximum Gasteiger partial charge on any atom is 0.165 e. The van der Waals surface area contributed by atoms with Crippen LogP contribution in [-0.2, 0) is 6.42 Å². The van der Waals surface area contributed by atoms with Crippen LogP contribution in [0.25, 0.3) is 0 Å². The zero-order valence-corrected chi connectivity index (χ0v) is 8.82. The number of rotatable bonds is 2. The van der Waals surface area contributed by atoms with E-state index in [0.29, 0.717) is 11.1 Å². The molecule has 17 heavy (non-hydrogen) atoms. The Labute approximate surface area is 96.8 Å². The molecule has 0 aliphatic rings. The largest absolute Gasteiger partial charge is 0.505 e. The first-order valence-electron chi connectivity index (χ1n) is 5.02. The van der Waals surface area contributed by atoms with Gasteiger partial charge in [0.1, 0.15) is 0 Å². The van der Waals surface area contributed by atoms with Crippen LogP contribution in [0.1, 0.15) is 11.1 Å². The first-order chi connectivity index (χ1) is 8.09. The molecule has 0 bridgehead atoms. The van der Waals surface area contributed by atoms with Gasteiger partial charge in [0.15, 0.2) is 23.1 Å². The number of phenolic OH excluding ortho intramolecular Hbond substituents is 2. The summed E-state index contributed by atoms with van der Waals surface area (Å²) < 4.78 is 26.2. The molecule has 0 atom stereocenters. The second-order valence-corrected chi connectivity index (χ2v) is 3.67. The number of benzene rings is 2. The average molecular weight is 236 g/mol. The lowest BCUT2D eigenvalue weighted by molar-refractivity contribution is 0.420. The van der Waals surface area contributed by atoms with Gasteiger partial charge >= 0.3 is 0 Å². The Morgan fingerprint density at radius 3 is 1.59 bits per heavy atom. The van der Waals surface area contributed by atoms with Gasteiger partial charge < -0.3 is 10.2 Å². The molecule has 0 fully saturated rings. The SMILES string of the molecule is Oc1c(F)cccc1Cc1cccc(F)c1O. The van der Waals surface area contributed by atoms with Gasteiger partial charge in [-0.15, -0.1) is 0 Å². The second-order valence-electron chi connectivity index (χ2n) is 3.67. The van der Waals surface area contributed by atoms with E-state index in [-0.39, 0.29) is 6.42 Å². The highest BCUT2D eigenvalue weighted by Gasteiger charge is 2.11. The van der Waals surface area contributed by atoms with Gasteiger partial charge in [-0.1, -0.05) is 24.3 Å². The summed E-state index contributed by atoms with van der Waals surface area (Å²) in [6.07, 6.45) is 0.0627. The van der Waals surface area contributed by atoms with Crippen molar-refractivity contribution in [2.24, 2.45) is 0 Å². The number of halogens is 2. The standard InChI is InChI=1S/C13H10F2O2/c14-10-5-1-3-8(12(10)16)7-9-4-2-6-11(15)13(9)17/h1-6,16-17H,7H2. The third-order valence-corrected chi connectivity index (χ3v) is 2.52. The van der Waals surface area contributed by atoms with E-state index >= 15 is 0 Å². The summed E-state index contributed by atoms with van der Waals surface area (Å²) in [6, 6.07) is 8.18. The molecule has 0 saturated carbocycles. The molecule has 2 nitrogen and oxygen atoms in total. The van der Waals surface area contributed by atoms with Crippen LogP contribution in [0.3, 0.4) is 0 Å². The van der Waals surface area contributed by atoms with Crippen LogP contribution in [0.15, 0.2) is 36.4 Å². The fourth-order valence-electron chi connectivity index (χ4n) is 1.61. The molecule has 0 aliphatic carbocycles. The molecule has 0 spiro atoms. The highest BCUT2D eigenvalue weighted by Crippen LogP contribution is 2.28. The molecule has 0 saturated heterocycles. The lowest BCUT2D eigenvalue weighted by Crippen LogP contribution is -1.92. The Morgan fingerprint density at radius 1 is 0.765 bits per heavy atom. The van der Waals surface area contributed by atoms with Gasteiger partial charge in [-0.05, 0) is 12.1 Å². The molecule has 4 heteroatoms. The molecular weight excluding hydrogens is 226 g/mol. The molecule has 0 aliphatic heterocycles. The van der Waals surface area contributed by atoms with Gasteiger partial charge in [-0.3, -0.25) is 0 Å². The summed E-state index contributed by atoms with van der Waals surface area (Å²) in [6.45, 7) is 0. The predicted molar refractivity (Wildman–Crippen MR) is 58.9 cm³/mol. The van der Waals surface area contributed by atoms with E-state index in [1.54, 1.807) is 0 Å². The van der Waals surface area contributed by atoms with E-state index in [1.807, 2.05) is 0 Å². The first kappa shape index (κ1) is 11.4. The molecule has 2 N–H and O–H groups in total. The zero-order valence-electron chi connectivity index (χ0n) is 8.82. The summed E-state index contributed by atoms with van der Waals surface area (Å²) in [5.74, 6) is -2.43. The van der Waals surface area contributed by atoms with E-state index in [4.69, 9.17) is 0 Å². The summed E-state index contributed by atoms with van der Waals surface area (Å²) in [4.78, 5) is 0. The predicted octanol–water partition coefficient (Wildman–Crippen LogP) is 2.97. The number of para-hydroxylation sites is 2. The van der Waals surface area contributed by atoms with E-state index in [2.05, 4.69) is 0 Å². The van der Waals surface area contributed by atoms with E-state index in [1.165, 1.54) is 24.3 Å². The summed E-state index contributed by atoms with van der Waals surface area (Å²) in [7, 11) is 0. The monoisotopic (exact) mass is 236 g/mol. The van der Waals surface area contributed by atoms with Crippen LogP contribution in [0.4, 0.5) is 8.78 Å². The number of hydrogen-bond acceptors (Lipinski definition) is 2. The maximum absolute atomic E-state index is 13.1. The molecular formula is C13H10F2O2. The van der Waals surface area contributed by atoms with Crippen molar-refractivity contribution in [1.29, 1.82) is 0 Å². The number of phenols is 2. The van der Waals surface area contributed by atoms with E-state index < -0.39 is 23.1 Å². The van der Waals surface area contributed by atoms with Crippen LogP contribution >= 0.6 is 0 Å². The first-order valence-corrected chi connectivity index (χ1v) is 5.02. The third-order valence-electron chi connectivity index (χ3n) is 2.52. The third kappa shape index (κ3) is 2.20. The molecule has 0 amide bonds. The van der Waals surface area contributed by atoms with Crippen molar-refractivity contribution in [2.45, 2.75) is 6.42 Å². The minimum Gasteiger partial charge on any atom is -0.505 e. The van der Waals surface area contributed by atoms with Crippen LogP contribution in [0.2, 0.25) is 0 Å². The molecule has 0 radical (unpaired) electrons. The highest BCUT2D eigenvalue weighted by molar-refractivity contribution is 5.42. The molecule has 2 aromatic carbocycles. The fourth-order valence-corrected chi connectivity index (χ4v) is 1.61. The Kier molecular flexibility index (Phi) is 2.95. The number of aromatic hydroxyl groups is 2. The number of hydrogen-bond donors (Lipinski definition) is 2. The van der Waals surface area contributed by atoms with Crippen molar-refractivity contribution >= 4 is 0 Å². The molecule has 2 aromatic rings. The second kappa shape index (κ2) is 4.41. The molecule has 88 valence electrons. The van der Waals surface area contributed by atoms with Crippen molar-refractivity contribution in [3.05, 3.63) is 59.2 Å². The summed E-state index contributed by atoms with van der Waals surface area (Å²) in [5.41, 5.74) is 0.594. The van der Waals surface area contributed by atoms with Crippen LogP contribution in [0.5, 0.6) is 11.5 Å². The lowest BCUT2D eigenvalue weighted by Gasteiger charge is -2.07. The van der Waals surface area contributed by atoms with Gasteiger partial charge in [0, 0.05) is 17.5 Å². The normalized spacial score (nSPS) is 10.5. The Hall–Kier alpha value is -2.10. The van der Waals surface area contributed by atoms with Gasteiger partial charge in [0.05, 0.1) is 0 Å². The maximum atomic E-state index is 13.1. The van der Waals surface area contributed by atoms with Crippen molar-refractivity contribution in [2.75, 3.05) is 0 Å². The van der Waals surface area contributed by atoms with E-state index in [9.17, 15) is 19.0 Å². The van der Waals surface area contributed by atoms with Crippen LogP contribution in [-0.4, -0.2) is 10.2 Å². The van der Waals surface area contributed by atoms with Crippen molar-refractivity contribution in [3.8, 4) is 11.5 Å². The van der Waals surface area contributed by atoms with Gasteiger partial charge in [-0.25, -0.2) is 8.78 Å². The quantitative estimate of drug-likeness (QED) is 0.841. The molecule has 0 unspecified atom stereocenters. The lowest BCUT2D eigenvalue weighted by atomic mass is 10.0. The van der Waals surface area contributed by atoms with E-state index in [0.717, 1.165) is 12.1 Å². The average Bonchev–Trinajstić information content (AvgIpc) is 2.31. The van der Waals surface area contributed by atoms with Crippen LogP contribution < -0.4 is 0 Å². The zero-order chi connectivity index (χ0) is 12.4. The smallest absolute Gasteiger partial charge is 0.165 e. The fraction of sp³-hybridized carbons (Fsp3) is 0.0769. The highest BCUT2D eigenvalue weighted by atomic mass is 19.1. The molecule has 0 heterocycles. The summed E-state index contributed by atoms with van der Waals surface area (Å²) in [5, 5.41) is 18.9. The molecule has 0 aromatic heterocycles. The minimum absolute atomic E-state index is 0.0627. The van der Waals surface area contributed by atoms with Gasteiger partial charge in [0.25, 0.3) is 0 Å². The topological polar surface area (TPSA) is 40.5 Å². The van der Waals surface area contributed by atoms with Crippen LogP contribution in [0, 0.1) is 11.6 Å². The van der Waals surface area contributed by atoms with Crippen molar-refractivity contribution in [3.63, 3.8) is 0 Å². The van der Waals surface area contributed by atoms with Gasteiger partial charge in [-0.2, -0.15) is 0 Å². The summed E-state index contributed by atoms with van der Waals surface area (Å²) >= 11 is 0. The molecule has 2 rings (SSSR count). The Balaban J connectivity index is 2.38. The van der Waals surface area contributed by atoms with Crippen molar-refractivity contribution < 1.29 is 19.0 Å².